The van der Waals surface area contributed by atoms with Crippen LogP contribution in [0, 0.1) is 0 Å². The lowest BCUT2D eigenvalue weighted by Crippen LogP contribution is -2.52. The van der Waals surface area contributed by atoms with E-state index in [-0.39, 0.29) is 5.91 Å². The minimum Gasteiger partial charge on any atom is -0.347 e. The molecule has 0 saturated carbocycles. The van der Waals surface area contributed by atoms with Crippen LogP contribution in [0.15, 0.2) is 0 Å². The van der Waals surface area contributed by atoms with Crippen molar-refractivity contribution in [3.05, 3.63) is 0 Å². The van der Waals surface area contributed by atoms with Crippen molar-refractivity contribution in [3.63, 3.8) is 0 Å². The van der Waals surface area contributed by atoms with Crippen molar-refractivity contribution in [2.45, 2.75) is 20.8 Å². The van der Waals surface area contributed by atoms with E-state index in [9.17, 15) is 9.59 Å². The van der Waals surface area contributed by atoms with Crippen molar-refractivity contribution in [2.75, 3.05) is 58.9 Å². The first-order valence-corrected chi connectivity index (χ1v) is 7.64. The normalized spacial score (nSPS) is 16.5. The summed E-state index contributed by atoms with van der Waals surface area (Å²) in [4.78, 5) is 30.0. The van der Waals surface area contributed by atoms with Crippen LogP contribution in [0.4, 0.5) is 0 Å². The Bertz CT molecular complexity index is 310. The second-order valence-electron chi connectivity index (χ2n) is 5.01. The number of hydrogen-bond donors (Lipinski definition) is 1. The number of likely N-dealkylation sites (N-methyl/N-ethyl adjacent to an activating group) is 2. The Balaban J connectivity index is 2.27. The van der Waals surface area contributed by atoms with E-state index >= 15 is 0 Å². The molecule has 20 heavy (non-hydrogen) atoms. The monoisotopic (exact) mass is 284 g/mol. The summed E-state index contributed by atoms with van der Waals surface area (Å²) in [6.07, 6.45) is 0. The fourth-order valence-corrected chi connectivity index (χ4v) is 2.35. The number of piperazine rings is 1. The Morgan fingerprint density at radius 2 is 1.65 bits per heavy atom. The van der Waals surface area contributed by atoms with Crippen LogP contribution in [0.3, 0.4) is 0 Å². The summed E-state index contributed by atoms with van der Waals surface area (Å²) in [6.45, 7) is 13.5. The highest BCUT2D eigenvalue weighted by molar-refractivity contribution is 6.35. The van der Waals surface area contributed by atoms with Gasteiger partial charge < -0.3 is 20.0 Å². The van der Waals surface area contributed by atoms with E-state index in [0.717, 1.165) is 39.3 Å². The molecule has 1 aliphatic rings. The van der Waals surface area contributed by atoms with E-state index in [2.05, 4.69) is 35.9 Å². The quantitative estimate of drug-likeness (QED) is 0.675. The molecule has 0 radical (unpaired) electrons. The predicted octanol–water partition coefficient (Wildman–Crippen LogP) is -0.391. The summed E-state index contributed by atoms with van der Waals surface area (Å²) in [6, 6.07) is 0. The maximum absolute atomic E-state index is 12.0. The Labute approximate surface area is 122 Å². The van der Waals surface area contributed by atoms with Gasteiger partial charge in [0.2, 0.25) is 0 Å². The second-order valence-corrected chi connectivity index (χ2v) is 5.01. The first kappa shape index (κ1) is 16.9. The molecule has 0 aromatic heterocycles. The second kappa shape index (κ2) is 8.92. The van der Waals surface area contributed by atoms with Gasteiger partial charge in [-0.2, -0.15) is 0 Å². The van der Waals surface area contributed by atoms with Crippen LogP contribution in [0.5, 0.6) is 0 Å². The zero-order valence-electron chi connectivity index (χ0n) is 13.0. The third-order valence-electron chi connectivity index (χ3n) is 3.91. The van der Waals surface area contributed by atoms with Crippen molar-refractivity contribution in [1.29, 1.82) is 0 Å². The highest BCUT2D eigenvalue weighted by atomic mass is 16.2. The molecule has 0 atom stereocenters. The van der Waals surface area contributed by atoms with Gasteiger partial charge >= 0.3 is 11.8 Å². The minimum atomic E-state index is -0.470. The van der Waals surface area contributed by atoms with Crippen LogP contribution in [0.1, 0.15) is 20.8 Å². The lowest BCUT2D eigenvalue weighted by atomic mass is 10.3. The highest BCUT2D eigenvalue weighted by Gasteiger charge is 2.25. The van der Waals surface area contributed by atoms with Crippen molar-refractivity contribution in [3.8, 4) is 0 Å². The van der Waals surface area contributed by atoms with Gasteiger partial charge in [0, 0.05) is 39.3 Å². The maximum Gasteiger partial charge on any atom is 0.311 e. The van der Waals surface area contributed by atoms with E-state index < -0.39 is 5.91 Å². The number of carbonyl (C=O) groups excluding carboxylic acids is 2. The van der Waals surface area contributed by atoms with Gasteiger partial charge in [0.05, 0.1) is 0 Å². The molecular formula is C14H28N4O2. The summed E-state index contributed by atoms with van der Waals surface area (Å²) >= 11 is 0. The van der Waals surface area contributed by atoms with Gasteiger partial charge in [-0.05, 0) is 19.6 Å². The number of nitrogens with one attached hydrogen (secondary N) is 1. The molecule has 0 aliphatic carbocycles. The molecule has 0 aromatic carbocycles. The SMILES string of the molecule is CCN(CC)CCNC(=O)C(=O)N1CCN(CC)CC1. The van der Waals surface area contributed by atoms with Crippen LogP contribution >= 0.6 is 0 Å². The average molecular weight is 284 g/mol. The van der Waals surface area contributed by atoms with Crippen molar-refractivity contribution in [1.82, 2.24) is 20.0 Å². The van der Waals surface area contributed by atoms with Crippen LogP contribution in [0.25, 0.3) is 0 Å². The van der Waals surface area contributed by atoms with Crippen LogP contribution in [-0.4, -0.2) is 85.4 Å². The molecule has 0 bridgehead atoms. The fraction of sp³-hybridized carbons (Fsp3) is 0.857. The molecule has 1 saturated heterocycles. The minimum absolute atomic E-state index is 0.389. The first-order valence-electron chi connectivity index (χ1n) is 7.64. The van der Waals surface area contributed by atoms with Gasteiger partial charge in [0.15, 0.2) is 0 Å². The summed E-state index contributed by atoms with van der Waals surface area (Å²) in [5.41, 5.74) is 0. The zero-order valence-corrected chi connectivity index (χ0v) is 13.0. The number of nitrogens with zero attached hydrogens (tertiary/aromatic N) is 3. The van der Waals surface area contributed by atoms with Gasteiger partial charge in [-0.1, -0.05) is 20.8 Å². The van der Waals surface area contributed by atoms with Gasteiger partial charge in [0.25, 0.3) is 0 Å². The molecule has 6 heteroatoms. The standard InChI is InChI=1S/C14H28N4O2/c1-4-16(5-2)8-7-15-13(19)14(20)18-11-9-17(6-3)10-12-18/h4-12H2,1-3H3,(H,15,19). The smallest absolute Gasteiger partial charge is 0.311 e. The summed E-state index contributed by atoms with van der Waals surface area (Å²) in [5, 5.41) is 2.72. The molecule has 1 fully saturated rings. The third kappa shape index (κ3) is 5.09. The lowest BCUT2D eigenvalue weighted by molar-refractivity contribution is -0.147. The van der Waals surface area contributed by atoms with Crippen LogP contribution in [0.2, 0.25) is 0 Å². The van der Waals surface area contributed by atoms with E-state index in [1.165, 1.54) is 0 Å². The Morgan fingerprint density at radius 1 is 1.05 bits per heavy atom. The number of amides is 2. The number of rotatable bonds is 6. The van der Waals surface area contributed by atoms with E-state index in [4.69, 9.17) is 0 Å². The van der Waals surface area contributed by atoms with Gasteiger partial charge in [-0.3, -0.25) is 9.59 Å². The Kier molecular flexibility index (Phi) is 7.54. The largest absolute Gasteiger partial charge is 0.347 e. The Morgan fingerprint density at radius 3 is 2.15 bits per heavy atom. The molecule has 1 N–H and O–H groups in total. The maximum atomic E-state index is 12.0. The van der Waals surface area contributed by atoms with Crippen molar-refractivity contribution in [2.24, 2.45) is 0 Å². The molecule has 1 rings (SSSR count). The van der Waals surface area contributed by atoms with E-state index in [1.54, 1.807) is 4.90 Å². The van der Waals surface area contributed by atoms with Gasteiger partial charge in [0.1, 0.15) is 0 Å². The van der Waals surface area contributed by atoms with Crippen molar-refractivity contribution >= 4 is 11.8 Å². The summed E-state index contributed by atoms with van der Waals surface area (Å²) in [5.74, 6) is -0.859. The third-order valence-corrected chi connectivity index (χ3v) is 3.91. The molecular weight excluding hydrogens is 256 g/mol. The van der Waals surface area contributed by atoms with E-state index in [0.29, 0.717) is 19.6 Å². The average Bonchev–Trinajstić information content (AvgIpc) is 2.50. The van der Waals surface area contributed by atoms with Crippen molar-refractivity contribution < 1.29 is 9.59 Å². The van der Waals surface area contributed by atoms with Gasteiger partial charge in [-0.15, -0.1) is 0 Å². The molecule has 0 spiro atoms. The highest BCUT2D eigenvalue weighted by Crippen LogP contribution is 2.01. The zero-order chi connectivity index (χ0) is 15.0. The predicted molar refractivity (Wildman–Crippen MR) is 79.5 cm³/mol. The number of carbonyl (C=O) groups is 2. The Hall–Kier alpha value is -1.14. The fourth-order valence-electron chi connectivity index (χ4n) is 2.35. The topological polar surface area (TPSA) is 55.9 Å². The van der Waals surface area contributed by atoms with Crippen LogP contribution < -0.4 is 5.32 Å². The first-order chi connectivity index (χ1) is 9.62. The molecule has 1 heterocycles. The van der Waals surface area contributed by atoms with E-state index in [1.807, 2.05) is 0 Å². The molecule has 116 valence electrons. The van der Waals surface area contributed by atoms with Gasteiger partial charge in [-0.25, -0.2) is 0 Å². The summed E-state index contributed by atoms with van der Waals surface area (Å²) < 4.78 is 0. The molecule has 2 amide bonds. The summed E-state index contributed by atoms with van der Waals surface area (Å²) in [7, 11) is 0. The molecule has 0 unspecified atom stereocenters. The lowest BCUT2D eigenvalue weighted by Gasteiger charge is -2.33. The molecule has 6 nitrogen and oxygen atoms in total. The molecule has 0 aromatic rings. The molecule has 1 aliphatic heterocycles. The number of hydrogen-bond acceptors (Lipinski definition) is 4. The van der Waals surface area contributed by atoms with Crippen LogP contribution in [-0.2, 0) is 9.59 Å².